The van der Waals surface area contributed by atoms with E-state index in [1.54, 1.807) is 0 Å². The van der Waals surface area contributed by atoms with Crippen LogP contribution in [-0.2, 0) is 17.8 Å². The van der Waals surface area contributed by atoms with Gasteiger partial charge in [-0.05, 0) is 35.7 Å². The van der Waals surface area contributed by atoms with Crippen LogP contribution in [0.15, 0.2) is 46.9 Å². The fourth-order valence-corrected chi connectivity index (χ4v) is 2.44. The van der Waals surface area contributed by atoms with Crippen molar-refractivity contribution in [3.8, 4) is 0 Å². The predicted octanol–water partition coefficient (Wildman–Crippen LogP) is 3.30. The molecule has 1 heterocycles. The molecule has 1 amide bonds. The van der Waals surface area contributed by atoms with Gasteiger partial charge in [0.25, 0.3) is 0 Å². The molecule has 0 saturated heterocycles. The standard InChI is InChI=1S/C18H18N2O2/c1-12-5-3-4-6-15(12)11-19-18(21)10-14-7-8-16-17(9-14)22-13(2)20-16/h3-9H,10-11H2,1-2H3,(H,19,21). The third kappa shape index (κ3) is 3.17. The van der Waals surface area contributed by atoms with Crippen LogP contribution >= 0.6 is 0 Å². The van der Waals surface area contributed by atoms with Gasteiger partial charge in [0.2, 0.25) is 5.91 Å². The zero-order valence-electron chi connectivity index (χ0n) is 12.7. The van der Waals surface area contributed by atoms with Gasteiger partial charge in [-0.1, -0.05) is 30.3 Å². The Hall–Kier alpha value is -2.62. The van der Waals surface area contributed by atoms with Crippen molar-refractivity contribution in [1.29, 1.82) is 0 Å². The van der Waals surface area contributed by atoms with E-state index in [9.17, 15) is 4.79 Å². The van der Waals surface area contributed by atoms with Gasteiger partial charge in [-0.2, -0.15) is 0 Å². The molecular formula is C18H18N2O2. The first-order valence-corrected chi connectivity index (χ1v) is 7.29. The molecule has 0 aliphatic heterocycles. The normalized spacial score (nSPS) is 10.8. The molecule has 0 aliphatic carbocycles. The highest BCUT2D eigenvalue weighted by molar-refractivity contribution is 5.81. The van der Waals surface area contributed by atoms with Gasteiger partial charge in [0.05, 0.1) is 6.42 Å². The van der Waals surface area contributed by atoms with E-state index in [4.69, 9.17) is 4.42 Å². The summed E-state index contributed by atoms with van der Waals surface area (Å²) in [5, 5.41) is 2.96. The lowest BCUT2D eigenvalue weighted by atomic mass is 10.1. The summed E-state index contributed by atoms with van der Waals surface area (Å²) in [6, 6.07) is 13.7. The van der Waals surface area contributed by atoms with Crippen LogP contribution in [0.25, 0.3) is 11.1 Å². The number of hydrogen-bond donors (Lipinski definition) is 1. The van der Waals surface area contributed by atoms with Gasteiger partial charge < -0.3 is 9.73 Å². The van der Waals surface area contributed by atoms with Gasteiger partial charge in [0.15, 0.2) is 11.5 Å². The first-order chi connectivity index (χ1) is 10.6. The Kier molecular flexibility index (Phi) is 3.92. The topological polar surface area (TPSA) is 55.1 Å². The number of aromatic nitrogens is 1. The molecule has 22 heavy (non-hydrogen) atoms. The van der Waals surface area contributed by atoms with Crippen LogP contribution in [0.4, 0.5) is 0 Å². The summed E-state index contributed by atoms with van der Waals surface area (Å²) in [6.07, 6.45) is 0.335. The van der Waals surface area contributed by atoms with Gasteiger partial charge in [0, 0.05) is 13.5 Å². The highest BCUT2D eigenvalue weighted by atomic mass is 16.3. The highest BCUT2D eigenvalue weighted by Gasteiger charge is 2.07. The zero-order valence-corrected chi connectivity index (χ0v) is 12.7. The van der Waals surface area contributed by atoms with Crippen LogP contribution in [-0.4, -0.2) is 10.9 Å². The van der Waals surface area contributed by atoms with Crippen LogP contribution in [0, 0.1) is 13.8 Å². The molecule has 112 valence electrons. The summed E-state index contributed by atoms with van der Waals surface area (Å²) in [7, 11) is 0. The maximum atomic E-state index is 12.1. The SMILES string of the molecule is Cc1nc2ccc(CC(=O)NCc3ccccc3C)cc2o1. The van der Waals surface area contributed by atoms with Crippen LogP contribution in [0.1, 0.15) is 22.6 Å². The summed E-state index contributed by atoms with van der Waals surface area (Å²) >= 11 is 0. The van der Waals surface area contributed by atoms with E-state index in [2.05, 4.69) is 10.3 Å². The second kappa shape index (κ2) is 6.02. The smallest absolute Gasteiger partial charge is 0.224 e. The van der Waals surface area contributed by atoms with Crippen molar-refractivity contribution in [3.05, 3.63) is 65.0 Å². The molecule has 0 radical (unpaired) electrons. The summed E-state index contributed by atoms with van der Waals surface area (Å²) in [5.74, 6) is 0.634. The molecule has 4 nitrogen and oxygen atoms in total. The van der Waals surface area contributed by atoms with E-state index in [1.165, 1.54) is 5.56 Å². The molecule has 0 unspecified atom stereocenters. The number of carbonyl (C=O) groups is 1. The first-order valence-electron chi connectivity index (χ1n) is 7.29. The van der Waals surface area contributed by atoms with E-state index in [1.807, 2.05) is 56.3 Å². The molecule has 2 aromatic carbocycles. The van der Waals surface area contributed by atoms with Gasteiger partial charge in [0.1, 0.15) is 5.52 Å². The van der Waals surface area contributed by atoms with Crippen molar-refractivity contribution in [1.82, 2.24) is 10.3 Å². The highest BCUT2D eigenvalue weighted by Crippen LogP contribution is 2.17. The third-order valence-corrected chi connectivity index (χ3v) is 3.66. The first kappa shape index (κ1) is 14.3. The Morgan fingerprint density at radius 2 is 2.00 bits per heavy atom. The Bertz CT molecular complexity index is 821. The number of nitrogens with one attached hydrogen (secondary N) is 1. The maximum absolute atomic E-state index is 12.1. The number of oxazole rings is 1. The number of rotatable bonds is 4. The molecule has 0 bridgehead atoms. The number of nitrogens with zero attached hydrogens (tertiary/aromatic N) is 1. The number of amides is 1. The van der Waals surface area contributed by atoms with E-state index in [-0.39, 0.29) is 5.91 Å². The van der Waals surface area contributed by atoms with Crippen molar-refractivity contribution in [2.24, 2.45) is 0 Å². The van der Waals surface area contributed by atoms with Gasteiger partial charge >= 0.3 is 0 Å². The largest absolute Gasteiger partial charge is 0.441 e. The Labute approximate surface area is 129 Å². The maximum Gasteiger partial charge on any atom is 0.224 e. The van der Waals surface area contributed by atoms with Crippen LogP contribution in [0.3, 0.4) is 0 Å². The average Bonchev–Trinajstić information content (AvgIpc) is 2.86. The molecule has 0 aliphatic rings. The van der Waals surface area contributed by atoms with E-state index in [0.29, 0.717) is 18.9 Å². The van der Waals surface area contributed by atoms with Gasteiger partial charge in [-0.25, -0.2) is 4.98 Å². The molecule has 4 heteroatoms. The van der Waals surface area contributed by atoms with Crippen LogP contribution in [0.2, 0.25) is 0 Å². The number of aryl methyl sites for hydroxylation is 2. The van der Waals surface area contributed by atoms with Crippen molar-refractivity contribution in [2.75, 3.05) is 0 Å². The van der Waals surface area contributed by atoms with Crippen LogP contribution < -0.4 is 5.32 Å². The molecular weight excluding hydrogens is 276 g/mol. The number of carbonyl (C=O) groups excluding carboxylic acids is 1. The second-order valence-corrected chi connectivity index (χ2v) is 5.41. The van der Waals surface area contributed by atoms with Crippen LogP contribution in [0.5, 0.6) is 0 Å². The molecule has 0 atom stereocenters. The fourth-order valence-electron chi connectivity index (χ4n) is 2.44. The second-order valence-electron chi connectivity index (χ2n) is 5.41. The quantitative estimate of drug-likeness (QED) is 0.803. The minimum atomic E-state index is -0.00107. The summed E-state index contributed by atoms with van der Waals surface area (Å²) in [5.41, 5.74) is 4.78. The van der Waals surface area contributed by atoms with Gasteiger partial charge in [-0.15, -0.1) is 0 Å². The van der Waals surface area contributed by atoms with Gasteiger partial charge in [-0.3, -0.25) is 4.79 Å². The summed E-state index contributed by atoms with van der Waals surface area (Å²) in [6.45, 7) is 4.41. The molecule has 1 aromatic heterocycles. The van der Waals surface area contributed by atoms with Crippen molar-refractivity contribution < 1.29 is 9.21 Å². The molecule has 1 N–H and O–H groups in total. The Morgan fingerprint density at radius 3 is 2.82 bits per heavy atom. The van der Waals surface area contributed by atoms with Crippen molar-refractivity contribution in [2.45, 2.75) is 26.8 Å². The van der Waals surface area contributed by atoms with E-state index in [0.717, 1.165) is 22.2 Å². The number of hydrogen-bond acceptors (Lipinski definition) is 3. The van der Waals surface area contributed by atoms with E-state index >= 15 is 0 Å². The molecule has 0 spiro atoms. The van der Waals surface area contributed by atoms with E-state index < -0.39 is 0 Å². The average molecular weight is 294 g/mol. The third-order valence-electron chi connectivity index (χ3n) is 3.66. The summed E-state index contributed by atoms with van der Waals surface area (Å²) in [4.78, 5) is 16.3. The van der Waals surface area contributed by atoms with Crippen molar-refractivity contribution in [3.63, 3.8) is 0 Å². The number of benzene rings is 2. The fraction of sp³-hybridized carbons (Fsp3) is 0.222. The molecule has 3 rings (SSSR count). The lowest BCUT2D eigenvalue weighted by Crippen LogP contribution is -2.24. The Balaban J connectivity index is 1.64. The lowest BCUT2D eigenvalue weighted by molar-refractivity contribution is -0.120. The number of fused-ring (bicyclic) bond motifs is 1. The molecule has 3 aromatic rings. The minimum absolute atomic E-state index is 0.00107. The minimum Gasteiger partial charge on any atom is -0.441 e. The monoisotopic (exact) mass is 294 g/mol. The van der Waals surface area contributed by atoms with Crippen molar-refractivity contribution >= 4 is 17.0 Å². The summed E-state index contributed by atoms with van der Waals surface area (Å²) < 4.78 is 5.49. The predicted molar refractivity (Wildman–Crippen MR) is 85.5 cm³/mol. The molecule has 0 saturated carbocycles. The Morgan fingerprint density at radius 1 is 1.18 bits per heavy atom. The zero-order chi connectivity index (χ0) is 15.5. The lowest BCUT2D eigenvalue weighted by Gasteiger charge is -2.08. The molecule has 0 fully saturated rings.